The fourth-order valence-corrected chi connectivity index (χ4v) is 2.45. The highest BCUT2D eigenvalue weighted by molar-refractivity contribution is 7.80. The van der Waals surface area contributed by atoms with Crippen molar-refractivity contribution in [3.8, 4) is 0 Å². The minimum atomic E-state index is -1.37. The minimum absolute atomic E-state index is 0.221. The highest BCUT2D eigenvalue weighted by Gasteiger charge is 2.32. The molecule has 1 fully saturated rings. The third kappa shape index (κ3) is 2.51. The van der Waals surface area contributed by atoms with Crippen molar-refractivity contribution < 1.29 is 17.6 Å². The summed E-state index contributed by atoms with van der Waals surface area (Å²) in [5.41, 5.74) is -0.529. The molecule has 0 bridgehead atoms. The third-order valence-electron chi connectivity index (χ3n) is 3.24. The van der Waals surface area contributed by atoms with E-state index in [2.05, 4.69) is 5.32 Å². The Morgan fingerprint density at radius 3 is 2.37 bits per heavy atom. The number of likely N-dealkylation sites (tertiary alicyclic amines) is 1. The van der Waals surface area contributed by atoms with E-state index in [4.69, 9.17) is 12.2 Å². The van der Waals surface area contributed by atoms with E-state index in [1.54, 1.807) is 11.9 Å². The lowest BCUT2D eigenvalue weighted by Gasteiger charge is -2.19. The van der Waals surface area contributed by atoms with Crippen LogP contribution >= 0.6 is 12.2 Å². The molecule has 0 spiro atoms. The van der Waals surface area contributed by atoms with E-state index in [9.17, 15) is 17.6 Å². The lowest BCUT2D eigenvalue weighted by molar-refractivity contribution is 0.423. The first-order valence-corrected chi connectivity index (χ1v) is 6.16. The lowest BCUT2D eigenvalue weighted by atomic mass is 9.97. The molecular formula is C12H12F4N2S. The summed E-state index contributed by atoms with van der Waals surface area (Å²) < 4.78 is 53.6. The summed E-state index contributed by atoms with van der Waals surface area (Å²) in [6, 6.07) is 0.221. The Morgan fingerprint density at radius 2 is 1.84 bits per heavy atom. The van der Waals surface area contributed by atoms with Gasteiger partial charge in [0.1, 0.15) is 0 Å². The van der Waals surface area contributed by atoms with Gasteiger partial charge in [-0.2, -0.15) is 0 Å². The predicted molar refractivity (Wildman–Crippen MR) is 66.9 cm³/mol. The molecular weight excluding hydrogens is 280 g/mol. The molecule has 2 nitrogen and oxygen atoms in total. The van der Waals surface area contributed by atoms with Gasteiger partial charge in [-0.15, -0.1) is 0 Å². The Labute approximate surface area is 113 Å². The lowest BCUT2D eigenvalue weighted by Crippen LogP contribution is -2.35. The average molecular weight is 292 g/mol. The number of nitrogens with zero attached hydrogens (tertiary/aromatic N) is 1. The van der Waals surface area contributed by atoms with E-state index < -0.39 is 34.8 Å². The van der Waals surface area contributed by atoms with Gasteiger partial charge in [0, 0.05) is 37.7 Å². The van der Waals surface area contributed by atoms with Crippen LogP contribution in [0.15, 0.2) is 6.07 Å². The van der Waals surface area contributed by atoms with Gasteiger partial charge in [-0.3, -0.25) is 0 Å². The first kappa shape index (κ1) is 14.0. The number of nitrogens with one attached hydrogen (secondary N) is 1. The molecule has 0 aliphatic carbocycles. The fraction of sp³-hybridized carbons (Fsp3) is 0.417. The number of hydrogen-bond acceptors (Lipinski definition) is 1. The third-order valence-corrected chi connectivity index (χ3v) is 3.71. The molecule has 19 heavy (non-hydrogen) atoms. The summed E-state index contributed by atoms with van der Waals surface area (Å²) in [7, 11) is 1.64. The molecule has 1 aromatic rings. The Morgan fingerprint density at radius 1 is 1.26 bits per heavy atom. The predicted octanol–water partition coefficient (Wildman–Crippen LogP) is 2.54. The monoisotopic (exact) mass is 292 g/mol. The van der Waals surface area contributed by atoms with Crippen LogP contribution in [0.4, 0.5) is 17.6 Å². The van der Waals surface area contributed by atoms with Crippen molar-refractivity contribution in [2.75, 3.05) is 20.1 Å². The van der Waals surface area contributed by atoms with Gasteiger partial charge in [0.15, 0.2) is 28.4 Å². The molecule has 1 atom stereocenters. The summed E-state index contributed by atoms with van der Waals surface area (Å²) in [5.74, 6) is -5.99. The maximum absolute atomic E-state index is 13.7. The molecule has 1 aliphatic heterocycles. The molecule has 1 unspecified atom stereocenters. The van der Waals surface area contributed by atoms with E-state index in [0.29, 0.717) is 18.1 Å². The number of rotatable bonds is 1. The highest BCUT2D eigenvalue weighted by Crippen LogP contribution is 2.33. The molecule has 0 amide bonds. The first-order valence-electron chi connectivity index (χ1n) is 5.75. The molecule has 1 heterocycles. The summed E-state index contributed by atoms with van der Waals surface area (Å²) in [5, 5.41) is 3.20. The van der Waals surface area contributed by atoms with E-state index in [-0.39, 0.29) is 12.6 Å². The molecule has 2 rings (SSSR count). The highest BCUT2D eigenvalue weighted by atomic mass is 32.1. The zero-order valence-electron chi connectivity index (χ0n) is 10.1. The molecule has 0 saturated carbocycles. The summed E-state index contributed by atoms with van der Waals surface area (Å²) in [4.78, 5) is 1.71. The van der Waals surface area contributed by atoms with Crippen molar-refractivity contribution in [1.82, 2.24) is 10.2 Å². The summed E-state index contributed by atoms with van der Waals surface area (Å²) >= 11 is 5.01. The molecule has 0 radical (unpaired) electrons. The van der Waals surface area contributed by atoms with Crippen LogP contribution in [0.25, 0.3) is 0 Å². The standard InChI is InChI=1S/C12H12F4N2S/c1-17-12(19)18-3-2-6(5-18)9-10(15)7(13)4-8(14)11(9)16/h4,6H,2-3,5H2,1H3,(H,17,19). The number of hydrogen-bond donors (Lipinski definition) is 1. The van der Waals surface area contributed by atoms with Crippen LogP contribution in [-0.2, 0) is 0 Å². The molecule has 0 aromatic heterocycles. The van der Waals surface area contributed by atoms with Gasteiger partial charge in [-0.05, 0) is 18.6 Å². The summed E-state index contributed by atoms with van der Waals surface area (Å²) in [6.07, 6.45) is 0.387. The second-order valence-electron chi connectivity index (χ2n) is 4.37. The van der Waals surface area contributed by atoms with Gasteiger partial charge >= 0.3 is 0 Å². The Bertz CT molecular complexity index is 495. The normalized spacial score (nSPS) is 18.8. The summed E-state index contributed by atoms with van der Waals surface area (Å²) in [6.45, 7) is 0.720. The topological polar surface area (TPSA) is 15.3 Å². The van der Waals surface area contributed by atoms with Crippen LogP contribution in [-0.4, -0.2) is 30.1 Å². The van der Waals surface area contributed by atoms with Gasteiger partial charge in [0.2, 0.25) is 0 Å². The SMILES string of the molecule is CNC(=S)N1CCC(c2c(F)c(F)cc(F)c2F)C1. The van der Waals surface area contributed by atoms with Crippen molar-refractivity contribution in [3.63, 3.8) is 0 Å². The van der Waals surface area contributed by atoms with E-state index in [1.165, 1.54) is 0 Å². The van der Waals surface area contributed by atoms with Crippen LogP contribution in [0, 0.1) is 23.3 Å². The van der Waals surface area contributed by atoms with Gasteiger partial charge in [-0.1, -0.05) is 0 Å². The zero-order valence-corrected chi connectivity index (χ0v) is 11.0. The van der Waals surface area contributed by atoms with Gasteiger partial charge in [-0.25, -0.2) is 17.6 Å². The van der Waals surface area contributed by atoms with Crippen molar-refractivity contribution in [1.29, 1.82) is 0 Å². The van der Waals surface area contributed by atoms with Crippen LogP contribution in [0.3, 0.4) is 0 Å². The average Bonchev–Trinajstić information content (AvgIpc) is 2.85. The van der Waals surface area contributed by atoms with Crippen molar-refractivity contribution >= 4 is 17.3 Å². The number of thiocarbonyl (C=S) groups is 1. The van der Waals surface area contributed by atoms with Crippen molar-refractivity contribution in [2.24, 2.45) is 0 Å². The molecule has 7 heteroatoms. The second kappa shape index (κ2) is 5.32. The quantitative estimate of drug-likeness (QED) is 0.486. The Balaban J connectivity index is 2.32. The Hall–Kier alpha value is -1.37. The zero-order chi connectivity index (χ0) is 14.2. The molecule has 1 aromatic carbocycles. The van der Waals surface area contributed by atoms with Gasteiger partial charge < -0.3 is 10.2 Å². The van der Waals surface area contributed by atoms with Crippen molar-refractivity contribution in [3.05, 3.63) is 34.9 Å². The first-order chi connectivity index (χ1) is 8.95. The van der Waals surface area contributed by atoms with E-state index in [0.717, 1.165) is 0 Å². The molecule has 104 valence electrons. The van der Waals surface area contributed by atoms with Crippen LogP contribution < -0.4 is 5.32 Å². The molecule has 1 N–H and O–H groups in total. The van der Waals surface area contributed by atoms with Crippen LogP contribution in [0.1, 0.15) is 17.9 Å². The Kier molecular flexibility index (Phi) is 3.93. The maximum atomic E-state index is 13.7. The van der Waals surface area contributed by atoms with E-state index in [1.807, 2.05) is 0 Å². The van der Waals surface area contributed by atoms with Crippen LogP contribution in [0.2, 0.25) is 0 Å². The largest absolute Gasteiger partial charge is 0.366 e. The fourth-order valence-electron chi connectivity index (χ4n) is 2.29. The maximum Gasteiger partial charge on any atom is 0.168 e. The van der Waals surface area contributed by atoms with Gasteiger partial charge in [0.05, 0.1) is 0 Å². The van der Waals surface area contributed by atoms with Crippen molar-refractivity contribution in [2.45, 2.75) is 12.3 Å². The van der Waals surface area contributed by atoms with E-state index >= 15 is 0 Å². The number of halogens is 4. The molecule has 1 saturated heterocycles. The smallest absolute Gasteiger partial charge is 0.168 e. The second-order valence-corrected chi connectivity index (χ2v) is 4.76. The van der Waals surface area contributed by atoms with Gasteiger partial charge in [0.25, 0.3) is 0 Å². The van der Waals surface area contributed by atoms with Crippen LogP contribution in [0.5, 0.6) is 0 Å². The molecule has 1 aliphatic rings. The number of benzene rings is 1. The minimum Gasteiger partial charge on any atom is -0.366 e.